The van der Waals surface area contributed by atoms with Gasteiger partial charge < -0.3 is 9.80 Å². The molecular formula is C19H24ClN3O. The van der Waals surface area contributed by atoms with Gasteiger partial charge in [-0.3, -0.25) is 9.78 Å². The van der Waals surface area contributed by atoms with Crippen LogP contribution in [-0.2, 0) is 0 Å². The quantitative estimate of drug-likeness (QED) is 0.714. The lowest BCUT2D eigenvalue weighted by Gasteiger charge is -2.24. The number of Topliss-reactive ketones (excluding diaryl/α,β-unsaturated/α-hetero) is 1. The van der Waals surface area contributed by atoms with Crippen LogP contribution >= 0.6 is 11.6 Å². The third kappa shape index (κ3) is 3.70. The van der Waals surface area contributed by atoms with Crippen molar-refractivity contribution in [3.63, 3.8) is 0 Å². The van der Waals surface area contributed by atoms with Crippen molar-refractivity contribution in [1.82, 2.24) is 9.88 Å². The Morgan fingerprint density at radius 2 is 2.00 bits per heavy atom. The monoisotopic (exact) mass is 345 g/mol. The molecule has 1 aromatic carbocycles. The van der Waals surface area contributed by atoms with Gasteiger partial charge >= 0.3 is 0 Å². The molecule has 0 bridgehead atoms. The highest BCUT2D eigenvalue weighted by molar-refractivity contribution is 6.31. The van der Waals surface area contributed by atoms with Crippen molar-refractivity contribution in [2.45, 2.75) is 19.3 Å². The van der Waals surface area contributed by atoms with Crippen molar-refractivity contribution in [1.29, 1.82) is 0 Å². The van der Waals surface area contributed by atoms with Gasteiger partial charge in [0.25, 0.3) is 0 Å². The van der Waals surface area contributed by atoms with Crippen LogP contribution in [0.15, 0.2) is 24.4 Å². The maximum absolute atomic E-state index is 12.7. The highest BCUT2D eigenvalue weighted by atomic mass is 35.5. The molecule has 0 unspecified atom stereocenters. The van der Waals surface area contributed by atoms with Gasteiger partial charge in [-0.15, -0.1) is 0 Å². The first-order valence-electron chi connectivity index (χ1n) is 8.45. The van der Waals surface area contributed by atoms with Crippen LogP contribution in [0.2, 0.25) is 5.02 Å². The molecule has 0 radical (unpaired) electrons. The number of anilines is 1. The summed E-state index contributed by atoms with van der Waals surface area (Å²) in [6.07, 6.45) is 4.77. The van der Waals surface area contributed by atoms with Crippen LogP contribution in [-0.4, -0.2) is 49.9 Å². The standard InChI is InChI=1S/C19H24ClN3O/c1-22(2)9-4-10-23(3)18-15-11-14(20)7-8-17(15)21-12-16(18)19(24)13-5-6-13/h7-8,11-13H,4-6,9-10H2,1-3H3. The van der Waals surface area contributed by atoms with Crippen molar-refractivity contribution in [3.05, 3.63) is 35.0 Å². The van der Waals surface area contributed by atoms with Crippen molar-refractivity contribution >= 4 is 34.0 Å². The Labute approximate surface area is 148 Å². The maximum Gasteiger partial charge on any atom is 0.169 e. The van der Waals surface area contributed by atoms with Gasteiger partial charge in [0, 0.05) is 36.1 Å². The van der Waals surface area contributed by atoms with E-state index in [1.54, 1.807) is 6.20 Å². The number of ketones is 1. The first-order valence-corrected chi connectivity index (χ1v) is 8.83. The maximum atomic E-state index is 12.7. The summed E-state index contributed by atoms with van der Waals surface area (Å²) in [6, 6.07) is 5.68. The zero-order valence-electron chi connectivity index (χ0n) is 14.6. The van der Waals surface area contributed by atoms with E-state index in [2.05, 4.69) is 35.9 Å². The number of halogens is 1. The molecule has 1 saturated carbocycles. The number of benzene rings is 1. The Kier molecular flexibility index (Phi) is 5.07. The predicted molar refractivity (Wildman–Crippen MR) is 100 cm³/mol. The molecule has 1 aliphatic carbocycles. The van der Waals surface area contributed by atoms with Gasteiger partial charge in [0.15, 0.2) is 5.78 Å². The SMILES string of the molecule is CN(C)CCCN(C)c1c(C(=O)C2CC2)cnc2ccc(Cl)cc12. The third-order valence-corrected chi connectivity index (χ3v) is 4.73. The van der Waals surface area contributed by atoms with Gasteiger partial charge in [-0.25, -0.2) is 0 Å². The number of nitrogens with zero attached hydrogens (tertiary/aromatic N) is 3. The molecule has 5 heteroatoms. The molecule has 24 heavy (non-hydrogen) atoms. The molecule has 1 fully saturated rings. The Hall–Kier alpha value is -1.65. The third-order valence-electron chi connectivity index (χ3n) is 4.50. The molecule has 0 saturated heterocycles. The molecular weight excluding hydrogens is 322 g/mol. The predicted octanol–water partition coefficient (Wildman–Crippen LogP) is 3.87. The topological polar surface area (TPSA) is 36.4 Å². The minimum absolute atomic E-state index is 0.178. The van der Waals surface area contributed by atoms with E-state index >= 15 is 0 Å². The second-order valence-corrected chi connectivity index (χ2v) is 7.34. The Balaban J connectivity index is 2.01. The fourth-order valence-corrected chi connectivity index (χ4v) is 3.22. The van der Waals surface area contributed by atoms with Crippen molar-refractivity contribution in [2.75, 3.05) is 39.1 Å². The van der Waals surface area contributed by atoms with Gasteiger partial charge in [0.05, 0.1) is 16.8 Å². The zero-order valence-corrected chi connectivity index (χ0v) is 15.3. The molecule has 0 spiro atoms. The number of fused-ring (bicyclic) bond motifs is 1. The van der Waals surface area contributed by atoms with Crippen LogP contribution in [0.4, 0.5) is 5.69 Å². The van der Waals surface area contributed by atoms with Crippen LogP contribution in [0.5, 0.6) is 0 Å². The second kappa shape index (κ2) is 7.08. The second-order valence-electron chi connectivity index (χ2n) is 6.90. The molecule has 2 aromatic rings. The summed E-state index contributed by atoms with van der Waals surface area (Å²) in [5.41, 5.74) is 2.58. The van der Waals surface area contributed by atoms with Crippen LogP contribution in [0.3, 0.4) is 0 Å². The fourth-order valence-electron chi connectivity index (χ4n) is 3.04. The molecule has 128 valence electrons. The lowest BCUT2D eigenvalue weighted by atomic mass is 10.0. The molecule has 4 nitrogen and oxygen atoms in total. The number of pyridine rings is 1. The average molecular weight is 346 g/mol. The van der Waals surface area contributed by atoms with E-state index < -0.39 is 0 Å². The number of rotatable bonds is 7. The smallest absolute Gasteiger partial charge is 0.169 e. The number of aromatic nitrogens is 1. The fraction of sp³-hybridized carbons (Fsp3) is 0.474. The number of carbonyl (C=O) groups is 1. The summed E-state index contributed by atoms with van der Waals surface area (Å²) in [6.45, 7) is 1.90. The van der Waals surface area contributed by atoms with E-state index in [9.17, 15) is 4.79 Å². The van der Waals surface area contributed by atoms with Crippen LogP contribution in [0, 0.1) is 5.92 Å². The van der Waals surface area contributed by atoms with E-state index in [4.69, 9.17) is 11.6 Å². The summed E-state index contributed by atoms with van der Waals surface area (Å²) >= 11 is 6.21. The summed E-state index contributed by atoms with van der Waals surface area (Å²) in [5.74, 6) is 0.399. The molecule has 1 aromatic heterocycles. The molecule has 0 atom stereocenters. The van der Waals surface area contributed by atoms with Crippen molar-refractivity contribution in [3.8, 4) is 0 Å². The summed E-state index contributed by atoms with van der Waals surface area (Å²) in [5, 5.41) is 1.63. The normalized spacial score (nSPS) is 14.4. The first kappa shape index (κ1) is 17.2. The lowest BCUT2D eigenvalue weighted by molar-refractivity contribution is 0.0968. The molecule has 0 aliphatic heterocycles. The van der Waals surface area contributed by atoms with Crippen LogP contribution in [0.1, 0.15) is 29.6 Å². The van der Waals surface area contributed by atoms with Gasteiger partial charge in [-0.2, -0.15) is 0 Å². The average Bonchev–Trinajstić information content (AvgIpc) is 3.37. The highest BCUT2D eigenvalue weighted by Gasteiger charge is 2.33. The Morgan fingerprint density at radius 1 is 1.25 bits per heavy atom. The van der Waals surface area contributed by atoms with E-state index in [0.29, 0.717) is 5.02 Å². The van der Waals surface area contributed by atoms with Crippen molar-refractivity contribution < 1.29 is 4.79 Å². The number of hydrogen-bond acceptors (Lipinski definition) is 4. The summed E-state index contributed by atoms with van der Waals surface area (Å²) in [4.78, 5) is 21.6. The van der Waals surface area contributed by atoms with E-state index in [0.717, 1.165) is 54.5 Å². The molecule has 1 aliphatic rings. The van der Waals surface area contributed by atoms with Gasteiger partial charge in [-0.1, -0.05) is 11.6 Å². The largest absolute Gasteiger partial charge is 0.373 e. The van der Waals surface area contributed by atoms with Gasteiger partial charge in [0.2, 0.25) is 0 Å². The summed E-state index contributed by atoms with van der Waals surface area (Å²) in [7, 11) is 6.20. The number of carbonyl (C=O) groups excluding carboxylic acids is 1. The van der Waals surface area contributed by atoms with Gasteiger partial charge in [-0.05, 0) is 58.1 Å². The van der Waals surface area contributed by atoms with Crippen LogP contribution in [0.25, 0.3) is 10.9 Å². The van der Waals surface area contributed by atoms with Crippen LogP contribution < -0.4 is 4.90 Å². The minimum Gasteiger partial charge on any atom is -0.373 e. The molecule has 3 rings (SSSR count). The Bertz CT molecular complexity index is 756. The Morgan fingerprint density at radius 3 is 2.67 bits per heavy atom. The van der Waals surface area contributed by atoms with Gasteiger partial charge in [0.1, 0.15) is 0 Å². The minimum atomic E-state index is 0.178. The molecule has 0 N–H and O–H groups in total. The first-order chi connectivity index (χ1) is 11.5. The van der Waals surface area contributed by atoms with E-state index in [1.165, 1.54) is 0 Å². The zero-order chi connectivity index (χ0) is 17.3. The lowest BCUT2D eigenvalue weighted by Crippen LogP contribution is -2.25. The summed E-state index contributed by atoms with van der Waals surface area (Å²) < 4.78 is 0. The van der Waals surface area contributed by atoms with E-state index in [1.807, 2.05) is 18.2 Å². The highest BCUT2D eigenvalue weighted by Crippen LogP contribution is 2.38. The van der Waals surface area contributed by atoms with E-state index in [-0.39, 0.29) is 11.7 Å². The molecule has 1 heterocycles. The van der Waals surface area contributed by atoms with Crippen molar-refractivity contribution in [2.24, 2.45) is 5.92 Å². The number of hydrogen-bond donors (Lipinski definition) is 0. The molecule has 0 amide bonds.